The molecule has 0 aliphatic heterocycles. The fourth-order valence-electron chi connectivity index (χ4n) is 2.14. The van der Waals surface area contributed by atoms with Gasteiger partial charge in [0.1, 0.15) is 6.61 Å². The smallest absolute Gasteiger partial charge is 0.311 e. The number of ether oxygens (including phenoxy) is 1. The number of benzene rings is 1. The minimum absolute atomic E-state index is 0.0637. The highest BCUT2D eigenvalue weighted by molar-refractivity contribution is 6.30. The highest BCUT2D eigenvalue weighted by Crippen LogP contribution is 2.34. The molecule has 1 fully saturated rings. The van der Waals surface area contributed by atoms with Crippen molar-refractivity contribution in [2.24, 2.45) is 0 Å². The van der Waals surface area contributed by atoms with Crippen LogP contribution in [0.5, 0.6) is 5.75 Å². The maximum Gasteiger partial charge on any atom is 0.311 e. The van der Waals surface area contributed by atoms with Gasteiger partial charge in [0.05, 0.1) is 10.5 Å². The van der Waals surface area contributed by atoms with Gasteiger partial charge in [0, 0.05) is 17.2 Å². The molecule has 0 atom stereocenters. The van der Waals surface area contributed by atoms with Crippen molar-refractivity contribution in [1.29, 1.82) is 0 Å². The lowest BCUT2D eigenvalue weighted by molar-refractivity contribution is -0.386. The largest absolute Gasteiger partial charge is 0.484 e. The van der Waals surface area contributed by atoms with Crippen LogP contribution >= 0.6 is 11.6 Å². The minimum atomic E-state index is -0.865. The zero-order chi connectivity index (χ0) is 13.2. The summed E-state index contributed by atoms with van der Waals surface area (Å²) in [6, 6.07) is 4.14. The van der Waals surface area contributed by atoms with Gasteiger partial charge in [-0.25, -0.2) is 0 Å². The number of halogens is 1. The third-order valence-electron chi connectivity index (χ3n) is 3.15. The molecule has 1 saturated carbocycles. The van der Waals surface area contributed by atoms with E-state index < -0.39 is 10.5 Å². The maximum atomic E-state index is 10.8. The summed E-state index contributed by atoms with van der Waals surface area (Å²) in [4.78, 5) is 10.3. The van der Waals surface area contributed by atoms with Gasteiger partial charge in [-0.15, -0.1) is 0 Å². The first kappa shape index (κ1) is 13.1. The highest BCUT2D eigenvalue weighted by Gasteiger charge is 2.32. The lowest BCUT2D eigenvalue weighted by Crippen LogP contribution is -2.32. The SMILES string of the molecule is O=[N+]([O-])c1ccc(Cl)cc1OCC1(O)CCCC1. The molecular weight excluding hydrogens is 258 g/mol. The monoisotopic (exact) mass is 271 g/mol. The second-order valence-electron chi connectivity index (χ2n) is 4.59. The summed E-state index contributed by atoms with van der Waals surface area (Å²) < 4.78 is 5.39. The maximum absolute atomic E-state index is 10.8. The quantitative estimate of drug-likeness (QED) is 0.675. The summed E-state index contributed by atoms with van der Waals surface area (Å²) in [6.45, 7) is 0.0637. The number of nitro groups is 1. The van der Waals surface area contributed by atoms with Gasteiger partial charge in [-0.3, -0.25) is 10.1 Å². The Morgan fingerprint density at radius 3 is 2.72 bits per heavy atom. The molecule has 0 heterocycles. The van der Waals surface area contributed by atoms with Crippen molar-refractivity contribution < 1.29 is 14.8 Å². The van der Waals surface area contributed by atoms with Crippen LogP contribution in [0.25, 0.3) is 0 Å². The molecule has 1 aromatic rings. The second kappa shape index (κ2) is 5.12. The van der Waals surface area contributed by atoms with Crippen LogP contribution in [0.3, 0.4) is 0 Å². The molecule has 0 unspecified atom stereocenters. The first-order chi connectivity index (χ1) is 8.50. The molecule has 0 bridgehead atoms. The van der Waals surface area contributed by atoms with Crippen LogP contribution in [0.4, 0.5) is 5.69 Å². The number of hydrogen-bond donors (Lipinski definition) is 1. The molecule has 1 N–H and O–H groups in total. The van der Waals surface area contributed by atoms with E-state index in [2.05, 4.69) is 0 Å². The van der Waals surface area contributed by atoms with Crippen molar-refractivity contribution in [3.05, 3.63) is 33.3 Å². The van der Waals surface area contributed by atoms with E-state index in [1.165, 1.54) is 18.2 Å². The normalized spacial score (nSPS) is 17.7. The summed E-state index contributed by atoms with van der Waals surface area (Å²) in [6.07, 6.45) is 3.25. The van der Waals surface area contributed by atoms with Crippen molar-refractivity contribution >= 4 is 17.3 Å². The van der Waals surface area contributed by atoms with Gasteiger partial charge in [0.25, 0.3) is 0 Å². The Kier molecular flexibility index (Phi) is 3.73. The number of hydrogen-bond acceptors (Lipinski definition) is 4. The van der Waals surface area contributed by atoms with E-state index in [0.717, 1.165) is 12.8 Å². The van der Waals surface area contributed by atoms with E-state index >= 15 is 0 Å². The molecule has 0 spiro atoms. The number of rotatable bonds is 4. The third-order valence-corrected chi connectivity index (χ3v) is 3.38. The average molecular weight is 272 g/mol. The molecule has 98 valence electrons. The molecule has 0 amide bonds. The summed E-state index contributed by atoms with van der Waals surface area (Å²) in [5.74, 6) is 0.104. The van der Waals surface area contributed by atoms with Gasteiger partial charge >= 0.3 is 5.69 Å². The Bertz CT molecular complexity index is 457. The molecule has 0 aromatic heterocycles. The predicted molar refractivity (Wildman–Crippen MR) is 67.0 cm³/mol. The predicted octanol–water partition coefficient (Wildman–Crippen LogP) is 2.93. The molecule has 6 heteroatoms. The van der Waals surface area contributed by atoms with Gasteiger partial charge in [0.2, 0.25) is 0 Å². The Hall–Kier alpha value is -1.33. The third kappa shape index (κ3) is 2.91. The van der Waals surface area contributed by atoms with Crippen LogP contribution < -0.4 is 4.74 Å². The molecule has 0 saturated heterocycles. The Morgan fingerprint density at radius 2 is 2.11 bits per heavy atom. The van der Waals surface area contributed by atoms with Crippen molar-refractivity contribution in [3.8, 4) is 5.75 Å². The van der Waals surface area contributed by atoms with Gasteiger partial charge < -0.3 is 9.84 Å². The summed E-state index contributed by atoms with van der Waals surface area (Å²) in [5.41, 5.74) is -1.00. The first-order valence-corrected chi connectivity index (χ1v) is 6.17. The summed E-state index contributed by atoms with van der Waals surface area (Å²) >= 11 is 5.79. The number of aliphatic hydroxyl groups is 1. The Balaban J connectivity index is 2.12. The van der Waals surface area contributed by atoms with E-state index in [0.29, 0.717) is 17.9 Å². The molecule has 1 aliphatic rings. The molecule has 5 nitrogen and oxygen atoms in total. The van der Waals surface area contributed by atoms with Gasteiger partial charge in [-0.1, -0.05) is 24.4 Å². The zero-order valence-corrected chi connectivity index (χ0v) is 10.5. The second-order valence-corrected chi connectivity index (χ2v) is 5.03. The minimum Gasteiger partial charge on any atom is -0.484 e. The van der Waals surface area contributed by atoms with E-state index in [1.54, 1.807) is 0 Å². The number of nitro benzene ring substituents is 1. The van der Waals surface area contributed by atoms with E-state index in [9.17, 15) is 15.2 Å². The first-order valence-electron chi connectivity index (χ1n) is 5.79. The molecule has 2 rings (SSSR count). The molecule has 1 aliphatic carbocycles. The van der Waals surface area contributed by atoms with E-state index in [4.69, 9.17) is 16.3 Å². The van der Waals surface area contributed by atoms with Crippen LogP contribution in [0.2, 0.25) is 5.02 Å². The van der Waals surface area contributed by atoms with Crippen LogP contribution in [-0.4, -0.2) is 22.2 Å². The lowest BCUT2D eigenvalue weighted by atomic mass is 10.0. The zero-order valence-electron chi connectivity index (χ0n) is 9.76. The average Bonchev–Trinajstić information content (AvgIpc) is 2.74. The lowest BCUT2D eigenvalue weighted by Gasteiger charge is -2.22. The van der Waals surface area contributed by atoms with Crippen molar-refractivity contribution in [1.82, 2.24) is 0 Å². The van der Waals surface area contributed by atoms with Crippen LogP contribution in [0, 0.1) is 10.1 Å². The van der Waals surface area contributed by atoms with Gasteiger partial charge in [-0.2, -0.15) is 0 Å². The fraction of sp³-hybridized carbons (Fsp3) is 0.500. The standard InChI is InChI=1S/C12H14ClNO4/c13-9-3-4-10(14(16)17)11(7-9)18-8-12(15)5-1-2-6-12/h3-4,7,15H,1-2,5-6,8H2. The molecular formula is C12H14ClNO4. The van der Waals surface area contributed by atoms with Gasteiger partial charge in [0.15, 0.2) is 5.75 Å². The molecule has 18 heavy (non-hydrogen) atoms. The van der Waals surface area contributed by atoms with Crippen molar-refractivity contribution in [2.75, 3.05) is 6.61 Å². The van der Waals surface area contributed by atoms with Crippen molar-refractivity contribution in [2.45, 2.75) is 31.3 Å². The van der Waals surface area contributed by atoms with Gasteiger partial charge in [-0.05, 0) is 18.9 Å². The Labute approximate surface area is 109 Å². The van der Waals surface area contributed by atoms with E-state index in [-0.39, 0.29) is 18.0 Å². The molecule has 0 radical (unpaired) electrons. The topological polar surface area (TPSA) is 72.6 Å². The fourth-order valence-corrected chi connectivity index (χ4v) is 2.31. The summed E-state index contributed by atoms with van der Waals surface area (Å²) in [7, 11) is 0. The summed E-state index contributed by atoms with van der Waals surface area (Å²) in [5, 5.41) is 21.3. The molecule has 1 aromatic carbocycles. The van der Waals surface area contributed by atoms with E-state index in [1.807, 2.05) is 0 Å². The van der Waals surface area contributed by atoms with Crippen molar-refractivity contribution in [3.63, 3.8) is 0 Å². The van der Waals surface area contributed by atoms with Crippen LogP contribution in [0.15, 0.2) is 18.2 Å². The van der Waals surface area contributed by atoms with Crippen LogP contribution in [-0.2, 0) is 0 Å². The van der Waals surface area contributed by atoms with Crippen LogP contribution in [0.1, 0.15) is 25.7 Å². The highest BCUT2D eigenvalue weighted by atomic mass is 35.5. The number of nitrogens with zero attached hydrogens (tertiary/aromatic N) is 1. The Morgan fingerprint density at radius 1 is 1.44 bits per heavy atom.